The summed E-state index contributed by atoms with van der Waals surface area (Å²) in [4.78, 5) is 11.6. The van der Waals surface area contributed by atoms with Gasteiger partial charge in [-0.2, -0.15) is 0 Å². The fourth-order valence-electron chi connectivity index (χ4n) is 2.11. The van der Waals surface area contributed by atoms with Gasteiger partial charge in [0, 0.05) is 19.2 Å². The third-order valence-electron chi connectivity index (χ3n) is 3.90. The lowest BCUT2D eigenvalue weighted by molar-refractivity contribution is 0.0963. The van der Waals surface area contributed by atoms with Crippen LogP contribution in [0, 0.1) is 5.41 Å². The van der Waals surface area contributed by atoms with Crippen molar-refractivity contribution in [2.75, 3.05) is 24.6 Å². The molecule has 4 nitrogen and oxygen atoms in total. The number of carbonyl (C=O) groups excluding carboxylic acids is 1. The summed E-state index contributed by atoms with van der Waals surface area (Å²) in [7, 11) is 1.63. The second-order valence-corrected chi connectivity index (χ2v) is 5.09. The number of nitrogens with two attached hydrogens (primary N) is 1. The van der Waals surface area contributed by atoms with Gasteiger partial charge < -0.3 is 16.4 Å². The molecular weight excluding hydrogens is 226 g/mol. The second-order valence-electron chi connectivity index (χ2n) is 5.09. The normalized spacial score (nSPS) is 16.1. The minimum absolute atomic E-state index is 0.0883. The Hall–Kier alpha value is -1.71. The topological polar surface area (TPSA) is 67.2 Å². The van der Waals surface area contributed by atoms with Crippen molar-refractivity contribution in [2.24, 2.45) is 5.41 Å². The standard InChI is InChI=1S/C14H21N3O/c1-3-14(6-7-14)9-17-12-8-10(13(18)16-2)4-5-11(12)15/h4-5,8,17H,3,6-7,9,15H2,1-2H3,(H,16,18). The largest absolute Gasteiger partial charge is 0.397 e. The molecule has 0 unspecified atom stereocenters. The van der Waals surface area contributed by atoms with Crippen LogP contribution in [0.25, 0.3) is 0 Å². The molecule has 1 amide bonds. The van der Waals surface area contributed by atoms with E-state index in [0.717, 1.165) is 12.2 Å². The molecule has 4 N–H and O–H groups in total. The molecule has 0 bridgehead atoms. The van der Waals surface area contributed by atoms with Crippen LogP contribution in [0.15, 0.2) is 18.2 Å². The van der Waals surface area contributed by atoms with Gasteiger partial charge in [0.25, 0.3) is 5.91 Å². The Kier molecular flexibility index (Phi) is 3.45. The smallest absolute Gasteiger partial charge is 0.251 e. The van der Waals surface area contributed by atoms with E-state index in [4.69, 9.17) is 5.73 Å². The maximum atomic E-state index is 11.6. The van der Waals surface area contributed by atoms with Crippen molar-refractivity contribution in [3.05, 3.63) is 23.8 Å². The molecule has 0 aromatic heterocycles. The number of hydrogen-bond donors (Lipinski definition) is 3. The van der Waals surface area contributed by atoms with E-state index in [9.17, 15) is 4.79 Å². The van der Waals surface area contributed by atoms with E-state index in [1.807, 2.05) is 6.07 Å². The Bertz CT molecular complexity index is 452. The molecular formula is C14H21N3O. The minimum Gasteiger partial charge on any atom is -0.397 e. The van der Waals surface area contributed by atoms with E-state index < -0.39 is 0 Å². The van der Waals surface area contributed by atoms with Crippen LogP contribution in [0.3, 0.4) is 0 Å². The third kappa shape index (κ3) is 2.58. The number of rotatable bonds is 5. The lowest BCUT2D eigenvalue weighted by Gasteiger charge is -2.16. The predicted molar refractivity (Wildman–Crippen MR) is 74.7 cm³/mol. The number of carbonyl (C=O) groups is 1. The van der Waals surface area contributed by atoms with Crippen LogP contribution in [0.5, 0.6) is 0 Å². The van der Waals surface area contributed by atoms with Gasteiger partial charge in [-0.05, 0) is 42.9 Å². The first-order chi connectivity index (χ1) is 8.60. The molecule has 18 heavy (non-hydrogen) atoms. The number of nitrogen functional groups attached to an aromatic ring is 1. The summed E-state index contributed by atoms with van der Waals surface area (Å²) >= 11 is 0. The lowest BCUT2D eigenvalue weighted by atomic mass is 10.0. The molecule has 0 saturated heterocycles. The average Bonchev–Trinajstić information content (AvgIpc) is 3.17. The highest BCUT2D eigenvalue weighted by Gasteiger charge is 2.40. The first-order valence-corrected chi connectivity index (χ1v) is 6.46. The molecule has 2 rings (SSSR count). The van der Waals surface area contributed by atoms with Crippen molar-refractivity contribution in [3.63, 3.8) is 0 Å². The van der Waals surface area contributed by atoms with Crippen LogP contribution in [0.1, 0.15) is 36.5 Å². The lowest BCUT2D eigenvalue weighted by Crippen LogP contribution is -2.19. The van der Waals surface area contributed by atoms with Crippen molar-refractivity contribution in [1.82, 2.24) is 5.32 Å². The zero-order chi connectivity index (χ0) is 13.2. The third-order valence-corrected chi connectivity index (χ3v) is 3.90. The Balaban J connectivity index is 2.09. The highest BCUT2D eigenvalue weighted by atomic mass is 16.1. The van der Waals surface area contributed by atoms with Gasteiger partial charge in [0.1, 0.15) is 0 Å². The molecule has 1 aliphatic rings. The Labute approximate surface area is 108 Å². The second kappa shape index (κ2) is 4.88. The van der Waals surface area contributed by atoms with Gasteiger partial charge in [0.15, 0.2) is 0 Å². The van der Waals surface area contributed by atoms with Gasteiger partial charge in [-0.25, -0.2) is 0 Å². The number of hydrogen-bond acceptors (Lipinski definition) is 3. The summed E-state index contributed by atoms with van der Waals surface area (Å²) in [6.07, 6.45) is 3.76. The molecule has 1 aliphatic carbocycles. The molecule has 0 heterocycles. The fraction of sp³-hybridized carbons (Fsp3) is 0.500. The van der Waals surface area contributed by atoms with Gasteiger partial charge >= 0.3 is 0 Å². The molecule has 1 saturated carbocycles. The van der Waals surface area contributed by atoms with E-state index in [0.29, 0.717) is 16.7 Å². The van der Waals surface area contributed by atoms with E-state index >= 15 is 0 Å². The average molecular weight is 247 g/mol. The van der Waals surface area contributed by atoms with Gasteiger partial charge in [-0.3, -0.25) is 4.79 Å². The highest BCUT2D eigenvalue weighted by Crippen LogP contribution is 2.48. The number of amides is 1. The van der Waals surface area contributed by atoms with Crippen molar-refractivity contribution < 1.29 is 4.79 Å². The quantitative estimate of drug-likeness (QED) is 0.699. The molecule has 0 aliphatic heterocycles. The zero-order valence-corrected chi connectivity index (χ0v) is 11.0. The first-order valence-electron chi connectivity index (χ1n) is 6.46. The highest BCUT2D eigenvalue weighted by molar-refractivity contribution is 5.96. The monoisotopic (exact) mass is 247 g/mol. The van der Waals surface area contributed by atoms with Gasteiger partial charge in [0.05, 0.1) is 11.4 Å². The van der Waals surface area contributed by atoms with E-state index in [1.165, 1.54) is 19.3 Å². The van der Waals surface area contributed by atoms with Crippen molar-refractivity contribution in [1.29, 1.82) is 0 Å². The van der Waals surface area contributed by atoms with Crippen molar-refractivity contribution >= 4 is 17.3 Å². The maximum absolute atomic E-state index is 11.6. The van der Waals surface area contributed by atoms with E-state index in [1.54, 1.807) is 19.2 Å². The molecule has 0 radical (unpaired) electrons. The van der Waals surface area contributed by atoms with Crippen LogP contribution in [0.4, 0.5) is 11.4 Å². The molecule has 1 aromatic rings. The van der Waals surface area contributed by atoms with E-state index in [2.05, 4.69) is 17.6 Å². The Morgan fingerprint density at radius 1 is 1.44 bits per heavy atom. The summed E-state index contributed by atoms with van der Waals surface area (Å²) in [5.74, 6) is -0.0883. The number of benzene rings is 1. The summed E-state index contributed by atoms with van der Waals surface area (Å²) in [5.41, 5.74) is 8.56. The molecule has 1 aromatic carbocycles. The molecule has 4 heteroatoms. The predicted octanol–water partition coefficient (Wildman–Crippen LogP) is 2.23. The van der Waals surface area contributed by atoms with Crippen molar-refractivity contribution in [2.45, 2.75) is 26.2 Å². The van der Waals surface area contributed by atoms with E-state index in [-0.39, 0.29) is 5.91 Å². The first kappa shape index (κ1) is 12.7. The Morgan fingerprint density at radius 3 is 2.72 bits per heavy atom. The van der Waals surface area contributed by atoms with Crippen LogP contribution in [-0.4, -0.2) is 19.5 Å². The van der Waals surface area contributed by atoms with Crippen LogP contribution >= 0.6 is 0 Å². The zero-order valence-electron chi connectivity index (χ0n) is 11.0. The SMILES string of the molecule is CCC1(CNc2cc(C(=O)NC)ccc2N)CC1. The fourth-order valence-corrected chi connectivity index (χ4v) is 2.11. The van der Waals surface area contributed by atoms with Crippen LogP contribution in [0.2, 0.25) is 0 Å². The maximum Gasteiger partial charge on any atom is 0.251 e. The summed E-state index contributed by atoms with van der Waals surface area (Å²) in [5, 5.41) is 6.00. The summed E-state index contributed by atoms with van der Waals surface area (Å²) < 4.78 is 0. The summed E-state index contributed by atoms with van der Waals surface area (Å²) in [6, 6.07) is 5.34. The molecule has 98 valence electrons. The van der Waals surface area contributed by atoms with Gasteiger partial charge in [-0.1, -0.05) is 6.92 Å². The molecule has 0 atom stereocenters. The summed E-state index contributed by atoms with van der Waals surface area (Å²) in [6.45, 7) is 3.16. The van der Waals surface area contributed by atoms with Gasteiger partial charge in [-0.15, -0.1) is 0 Å². The molecule has 1 fully saturated rings. The van der Waals surface area contributed by atoms with Crippen molar-refractivity contribution in [3.8, 4) is 0 Å². The minimum atomic E-state index is -0.0883. The number of anilines is 2. The van der Waals surface area contributed by atoms with Crippen LogP contribution in [-0.2, 0) is 0 Å². The number of nitrogens with one attached hydrogen (secondary N) is 2. The Morgan fingerprint density at radius 2 is 2.17 bits per heavy atom. The van der Waals surface area contributed by atoms with Crippen LogP contribution < -0.4 is 16.4 Å². The van der Waals surface area contributed by atoms with Gasteiger partial charge in [0.2, 0.25) is 0 Å². The molecule has 0 spiro atoms.